The second-order valence-corrected chi connectivity index (χ2v) is 10.3. The summed E-state index contributed by atoms with van der Waals surface area (Å²) in [6.07, 6.45) is 3.00. The van der Waals surface area contributed by atoms with Crippen molar-refractivity contribution in [1.29, 1.82) is 0 Å². The van der Waals surface area contributed by atoms with Crippen molar-refractivity contribution in [3.05, 3.63) is 70.4 Å². The Labute approximate surface area is 238 Å². The minimum atomic E-state index is -3.15. The maximum atomic E-state index is 14.1. The number of nitrogens with zero attached hydrogens (tertiary/aromatic N) is 4. The molecule has 2 fully saturated rings. The molecule has 1 saturated carbocycles. The van der Waals surface area contributed by atoms with Gasteiger partial charge in [-0.3, -0.25) is 9.59 Å². The highest BCUT2D eigenvalue weighted by Crippen LogP contribution is 2.40. The molecule has 222 valence electrons. The smallest absolute Gasteiger partial charge is 0.318 e. The number of amides is 4. The van der Waals surface area contributed by atoms with Crippen molar-refractivity contribution < 1.29 is 36.9 Å². The van der Waals surface area contributed by atoms with Crippen LogP contribution in [-0.2, 0) is 9.53 Å². The second kappa shape index (κ2) is 11.8. The predicted octanol–water partition coefficient (Wildman–Crippen LogP) is 3.25. The van der Waals surface area contributed by atoms with Crippen molar-refractivity contribution in [3.8, 4) is 0 Å². The van der Waals surface area contributed by atoms with E-state index in [1.165, 1.54) is 50.6 Å². The van der Waals surface area contributed by atoms with Gasteiger partial charge in [-0.05, 0) is 59.8 Å². The number of anilines is 1. The van der Waals surface area contributed by atoms with Gasteiger partial charge in [-0.1, -0.05) is 17.3 Å². The van der Waals surface area contributed by atoms with E-state index < -0.39 is 54.8 Å². The van der Waals surface area contributed by atoms with E-state index in [4.69, 9.17) is 9.37 Å². The highest BCUT2D eigenvalue weighted by atomic mass is 19.3. The third-order valence-electron chi connectivity index (χ3n) is 7.03. The Kier molecular flexibility index (Phi) is 8.11. The molecule has 3 heterocycles. The number of pyridine rings is 1. The standard InChI is InChI=1S/C27H28F3N7O5/c1-14-9-17(5-6-18(14)28)22(34-25(39)23-21(15-3-4-15)35-42-36-23)24(38)33-20-10-16(7-8-31-20)19(11-41-2)37-13-27(29,30)12-32-26(37)40/h5-10,15,19,22H,3-4,11-13H2,1-2H3,(H,32,40)(H,34,39)(H,31,33,38)/t19-,22+/m1/s1. The van der Waals surface area contributed by atoms with Crippen LogP contribution in [0.1, 0.15) is 63.7 Å². The number of aryl methyl sites for hydroxylation is 1. The van der Waals surface area contributed by atoms with Gasteiger partial charge in [0.15, 0.2) is 5.69 Å². The zero-order valence-electron chi connectivity index (χ0n) is 22.7. The van der Waals surface area contributed by atoms with Crippen LogP contribution in [0.3, 0.4) is 0 Å². The van der Waals surface area contributed by atoms with Crippen LogP contribution >= 0.6 is 0 Å². The topological polar surface area (TPSA) is 152 Å². The monoisotopic (exact) mass is 587 g/mol. The van der Waals surface area contributed by atoms with Gasteiger partial charge in [0.1, 0.15) is 23.4 Å². The minimum Gasteiger partial charge on any atom is -0.382 e. The number of urea groups is 1. The molecular formula is C27H28F3N7O5. The Hall–Kier alpha value is -4.53. The highest BCUT2D eigenvalue weighted by molar-refractivity contribution is 6.01. The number of benzene rings is 1. The van der Waals surface area contributed by atoms with Crippen LogP contribution in [0.25, 0.3) is 0 Å². The van der Waals surface area contributed by atoms with Gasteiger partial charge in [-0.25, -0.2) is 27.6 Å². The molecule has 0 unspecified atom stereocenters. The van der Waals surface area contributed by atoms with Gasteiger partial charge in [0.2, 0.25) is 0 Å². The Balaban J connectivity index is 1.40. The Morgan fingerprint density at radius 2 is 2.00 bits per heavy atom. The lowest BCUT2D eigenvalue weighted by atomic mass is 10.0. The molecule has 0 radical (unpaired) electrons. The minimum absolute atomic E-state index is 0.0163. The molecule has 0 bridgehead atoms. The third kappa shape index (κ3) is 6.35. The normalized spacial score (nSPS) is 17.7. The number of halogens is 3. The largest absolute Gasteiger partial charge is 0.382 e. The number of aromatic nitrogens is 3. The number of nitrogens with one attached hydrogen (secondary N) is 3. The first-order valence-electron chi connectivity index (χ1n) is 13.1. The van der Waals surface area contributed by atoms with Crippen molar-refractivity contribution >= 4 is 23.7 Å². The number of alkyl halides is 2. The second-order valence-electron chi connectivity index (χ2n) is 10.3. The van der Waals surface area contributed by atoms with Gasteiger partial charge in [0, 0.05) is 19.2 Å². The number of ether oxygens (including phenoxy) is 1. The van der Waals surface area contributed by atoms with Crippen molar-refractivity contribution in [2.45, 2.75) is 43.7 Å². The van der Waals surface area contributed by atoms with Crippen LogP contribution in [0.15, 0.2) is 41.2 Å². The van der Waals surface area contributed by atoms with Crippen LogP contribution in [-0.4, -0.2) is 70.8 Å². The molecule has 2 atom stereocenters. The lowest BCUT2D eigenvalue weighted by Crippen LogP contribution is -2.58. The fourth-order valence-electron chi connectivity index (χ4n) is 4.70. The predicted molar refractivity (Wildman–Crippen MR) is 140 cm³/mol. The van der Waals surface area contributed by atoms with Crippen molar-refractivity contribution in [1.82, 2.24) is 30.8 Å². The average Bonchev–Trinajstić information content (AvgIpc) is 3.69. The van der Waals surface area contributed by atoms with Crippen molar-refractivity contribution in [2.75, 3.05) is 32.1 Å². The molecule has 3 aromatic rings. The first-order chi connectivity index (χ1) is 20.1. The summed E-state index contributed by atoms with van der Waals surface area (Å²) in [6.45, 7) is -0.191. The van der Waals surface area contributed by atoms with E-state index in [1.54, 1.807) is 0 Å². The van der Waals surface area contributed by atoms with E-state index in [0.717, 1.165) is 17.7 Å². The lowest BCUT2D eigenvalue weighted by Gasteiger charge is -2.38. The summed E-state index contributed by atoms with van der Waals surface area (Å²) >= 11 is 0. The maximum absolute atomic E-state index is 14.1. The van der Waals surface area contributed by atoms with Crippen molar-refractivity contribution in [3.63, 3.8) is 0 Å². The van der Waals surface area contributed by atoms with Gasteiger partial charge in [-0.15, -0.1) is 0 Å². The lowest BCUT2D eigenvalue weighted by molar-refractivity contribution is -0.118. The van der Waals surface area contributed by atoms with E-state index in [-0.39, 0.29) is 35.2 Å². The Bertz CT molecular complexity index is 1500. The van der Waals surface area contributed by atoms with E-state index in [9.17, 15) is 27.6 Å². The van der Waals surface area contributed by atoms with Gasteiger partial charge < -0.3 is 25.6 Å². The van der Waals surface area contributed by atoms with Crippen molar-refractivity contribution in [2.24, 2.45) is 0 Å². The molecule has 4 amide bonds. The fourth-order valence-corrected chi connectivity index (χ4v) is 4.70. The summed E-state index contributed by atoms with van der Waals surface area (Å²) in [7, 11) is 1.37. The molecule has 3 N–H and O–H groups in total. The van der Waals surface area contributed by atoms with Crippen LogP contribution in [0.5, 0.6) is 0 Å². The first kappa shape index (κ1) is 29.0. The number of methoxy groups -OCH3 is 1. The summed E-state index contributed by atoms with van der Waals surface area (Å²) < 4.78 is 52.3. The molecule has 1 aliphatic carbocycles. The summed E-state index contributed by atoms with van der Waals surface area (Å²) in [5.41, 5.74) is 1.25. The molecule has 2 aromatic heterocycles. The fraction of sp³-hybridized carbons (Fsp3) is 0.407. The van der Waals surface area contributed by atoms with Crippen LogP contribution < -0.4 is 16.0 Å². The molecule has 0 spiro atoms. The van der Waals surface area contributed by atoms with E-state index >= 15 is 0 Å². The van der Waals surface area contributed by atoms with Gasteiger partial charge in [0.25, 0.3) is 17.7 Å². The zero-order chi connectivity index (χ0) is 30.0. The molecule has 1 saturated heterocycles. The van der Waals surface area contributed by atoms with Crippen LogP contribution in [0.4, 0.5) is 23.8 Å². The highest BCUT2D eigenvalue weighted by Gasteiger charge is 2.42. The van der Waals surface area contributed by atoms with Crippen LogP contribution in [0.2, 0.25) is 0 Å². The zero-order valence-corrected chi connectivity index (χ0v) is 22.7. The summed E-state index contributed by atoms with van der Waals surface area (Å²) in [5, 5.41) is 14.9. The molecule has 1 aliphatic heterocycles. The molecular weight excluding hydrogens is 559 g/mol. The van der Waals surface area contributed by atoms with Gasteiger partial charge in [0.05, 0.1) is 25.7 Å². The number of hydrogen-bond acceptors (Lipinski definition) is 8. The van der Waals surface area contributed by atoms with E-state index in [1.807, 2.05) is 0 Å². The summed E-state index contributed by atoms with van der Waals surface area (Å²) in [4.78, 5) is 44.3. The maximum Gasteiger partial charge on any atom is 0.318 e. The van der Waals surface area contributed by atoms with E-state index in [2.05, 4.69) is 31.2 Å². The quantitative estimate of drug-likeness (QED) is 0.327. The molecule has 15 heteroatoms. The molecule has 2 aliphatic rings. The van der Waals surface area contributed by atoms with E-state index in [0.29, 0.717) is 11.3 Å². The number of carbonyl (C=O) groups excluding carboxylic acids is 3. The molecule has 5 rings (SSSR count). The first-order valence-corrected chi connectivity index (χ1v) is 13.1. The summed E-state index contributed by atoms with van der Waals surface area (Å²) in [5.74, 6) is -5.02. The number of carbonyl (C=O) groups is 3. The molecule has 12 nitrogen and oxygen atoms in total. The molecule has 1 aromatic carbocycles. The Morgan fingerprint density at radius 3 is 2.71 bits per heavy atom. The van der Waals surface area contributed by atoms with Gasteiger partial charge in [-0.2, -0.15) is 0 Å². The number of hydrogen-bond donors (Lipinski definition) is 3. The number of rotatable bonds is 10. The van der Waals surface area contributed by atoms with Crippen LogP contribution in [0, 0.1) is 12.7 Å². The Morgan fingerprint density at radius 1 is 1.21 bits per heavy atom. The van der Waals surface area contributed by atoms with Gasteiger partial charge >= 0.3 is 6.03 Å². The third-order valence-corrected chi connectivity index (χ3v) is 7.03. The summed E-state index contributed by atoms with van der Waals surface area (Å²) in [6, 6.07) is 3.98. The average molecular weight is 588 g/mol. The molecule has 42 heavy (non-hydrogen) atoms. The SMILES string of the molecule is COC[C@H](c1ccnc(NC(=O)[C@@H](NC(=O)c2nonc2C2CC2)c2ccc(F)c(C)c2)c1)N1CC(F)(F)CNC1=O.